The van der Waals surface area contributed by atoms with Crippen LogP contribution in [0.25, 0.3) is 22.5 Å². The molecule has 0 bridgehead atoms. The maximum Gasteiger partial charge on any atom is 0.182 e. The van der Waals surface area contributed by atoms with Gasteiger partial charge in [0.15, 0.2) is 28.7 Å². The Morgan fingerprint density at radius 3 is 1.57 bits per heavy atom. The number of aromatic amines is 1. The summed E-state index contributed by atoms with van der Waals surface area (Å²) >= 11 is 0. The first-order valence-corrected chi connectivity index (χ1v) is 6.60. The SMILES string of the molecule is O=c1cc(-c2cccc(F)c2F)[nH]c(-c2cccc(F)c2F)c1. The van der Waals surface area contributed by atoms with Gasteiger partial charge in [0.1, 0.15) is 0 Å². The van der Waals surface area contributed by atoms with E-state index in [0.717, 1.165) is 24.3 Å². The minimum absolute atomic E-state index is 0.0341. The molecule has 3 aromatic rings. The molecule has 0 amide bonds. The Hall–Kier alpha value is -2.89. The lowest BCUT2D eigenvalue weighted by Gasteiger charge is -2.09. The minimum Gasteiger partial charge on any atom is -0.354 e. The smallest absolute Gasteiger partial charge is 0.182 e. The molecule has 0 saturated heterocycles. The van der Waals surface area contributed by atoms with Crippen molar-refractivity contribution in [3.63, 3.8) is 0 Å². The van der Waals surface area contributed by atoms with Crippen LogP contribution in [0.2, 0.25) is 0 Å². The molecule has 2 aromatic carbocycles. The van der Waals surface area contributed by atoms with Gasteiger partial charge in [0.2, 0.25) is 0 Å². The largest absolute Gasteiger partial charge is 0.354 e. The van der Waals surface area contributed by atoms with E-state index in [1.54, 1.807) is 0 Å². The standard InChI is InChI=1S/C17H9F4NO/c18-12-5-1-3-10(16(12)20)14-7-9(23)8-15(22-14)11-4-2-6-13(19)17(11)21/h1-8H,(H,22,23). The van der Waals surface area contributed by atoms with Crippen LogP contribution in [-0.4, -0.2) is 4.98 Å². The molecule has 6 heteroatoms. The van der Waals surface area contributed by atoms with Gasteiger partial charge in [-0.25, -0.2) is 17.6 Å². The predicted molar refractivity (Wildman–Crippen MR) is 77.8 cm³/mol. The summed E-state index contributed by atoms with van der Waals surface area (Å²) in [6.45, 7) is 0. The predicted octanol–water partition coefficient (Wildman–Crippen LogP) is 4.27. The molecule has 116 valence electrons. The van der Waals surface area contributed by atoms with Gasteiger partial charge in [0.25, 0.3) is 0 Å². The van der Waals surface area contributed by atoms with Crippen molar-refractivity contribution in [3.8, 4) is 22.5 Å². The highest BCUT2D eigenvalue weighted by atomic mass is 19.2. The molecule has 0 aliphatic carbocycles. The third-order valence-electron chi connectivity index (χ3n) is 3.33. The second kappa shape index (κ2) is 5.72. The van der Waals surface area contributed by atoms with E-state index in [2.05, 4.69) is 4.98 Å². The lowest BCUT2D eigenvalue weighted by molar-refractivity contribution is 0.510. The summed E-state index contributed by atoms with van der Waals surface area (Å²) in [5.74, 6) is -4.43. The van der Waals surface area contributed by atoms with Crippen molar-refractivity contribution in [2.75, 3.05) is 0 Å². The van der Waals surface area contributed by atoms with Crippen molar-refractivity contribution < 1.29 is 17.6 Å². The number of hydrogen-bond donors (Lipinski definition) is 1. The molecular formula is C17H9F4NO. The summed E-state index contributed by atoms with van der Waals surface area (Å²) in [6.07, 6.45) is 0. The average molecular weight is 319 g/mol. The highest BCUT2D eigenvalue weighted by Gasteiger charge is 2.14. The second-order valence-corrected chi connectivity index (χ2v) is 4.85. The van der Waals surface area contributed by atoms with Crippen molar-refractivity contribution in [1.29, 1.82) is 0 Å². The highest BCUT2D eigenvalue weighted by Crippen LogP contribution is 2.26. The molecule has 3 rings (SSSR count). The fourth-order valence-corrected chi connectivity index (χ4v) is 2.26. The van der Waals surface area contributed by atoms with E-state index in [1.807, 2.05) is 0 Å². The molecule has 0 radical (unpaired) electrons. The molecule has 0 spiro atoms. The molecule has 1 heterocycles. The summed E-state index contributed by atoms with van der Waals surface area (Å²) < 4.78 is 54.4. The van der Waals surface area contributed by atoms with Gasteiger partial charge in [-0.2, -0.15) is 0 Å². The van der Waals surface area contributed by atoms with Gasteiger partial charge in [-0.15, -0.1) is 0 Å². The van der Waals surface area contributed by atoms with Gasteiger partial charge in [-0.05, 0) is 24.3 Å². The molecule has 0 aliphatic rings. The molecule has 0 unspecified atom stereocenters. The van der Waals surface area contributed by atoms with Crippen molar-refractivity contribution in [2.24, 2.45) is 0 Å². The first kappa shape index (κ1) is 15.0. The van der Waals surface area contributed by atoms with Gasteiger partial charge in [-0.3, -0.25) is 4.79 Å². The molecule has 0 saturated carbocycles. The summed E-state index contributed by atoms with van der Waals surface area (Å²) in [5, 5.41) is 0. The molecule has 1 N–H and O–H groups in total. The zero-order valence-corrected chi connectivity index (χ0v) is 11.5. The van der Waals surface area contributed by atoms with Gasteiger partial charge in [0, 0.05) is 23.3 Å². The van der Waals surface area contributed by atoms with Crippen LogP contribution in [0.1, 0.15) is 0 Å². The van der Waals surface area contributed by atoms with Gasteiger partial charge in [0.05, 0.1) is 11.4 Å². The first-order chi connectivity index (χ1) is 11.0. The third kappa shape index (κ3) is 2.75. The molecule has 0 atom stereocenters. The molecule has 2 nitrogen and oxygen atoms in total. The van der Waals surface area contributed by atoms with Crippen LogP contribution in [0.3, 0.4) is 0 Å². The van der Waals surface area contributed by atoms with Crippen LogP contribution in [0.15, 0.2) is 53.3 Å². The lowest BCUT2D eigenvalue weighted by Crippen LogP contribution is -2.04. The fourth-order valence-electron chi connectivity index (χ4n) is 2.26. The normalized spacial score (nSPS) is 10.8. The van der Waals surface area contributed by atoms with Gasteiger partial charge in [-0.1, -0.05) is 12.1 Å². The third-order valence-corrected chi connectivity index (χ3v) is 3.33. The van der Waals surface area contributed by atoms with Crippen molar-refractivity contribution in [2.45, 2.75) is 0 Å². The minimum atomic E-state index is -1.14. The maximum atomic E-state index is 13.9. The fraction of sp³-hybridized carbons (Fsp3) is 0. The number of aromatic nitrogens is 1. The first-order valence-electron chi connectivity index (χ1n) is 6.60. The Morgan fingerprint density at radius 1 is 0.696 bits per heavy atom. The number of hydrogen-bond acceptors (Lipinski definition) is 1. The van der Waals surface area contributed by atoms with Crippen LogP contribution >= 0.6 is 0 Å². The molecule has 0 fully saturated rings. The van der Waals surface area contributed by atoms with Crippen molar-refractivity contribution >= 4 is 0 Å². The molecular weight excluding hydrogens is 310 g/mol. The summed E-state index contributed by atoms with van der Waals surface area (Å²) in [7, 11) is 0. The molecule has 0 aliphatic heterocycles. The average Bonchev–Trinajstić information content (AvgIpc) is 2.52. The van der Waals surface area contributed by atoms with E-state index in [9.17, 15) is 22.4 Å². The number of benzene rings is 2. The number of pyridine rings is 1. The van der Waals surface area contributed by atoms with Crippen LogP contribution in [0.5, 0.6) is 0 Å². The van der Waals surface area contributed by atoms with Gasteiger partial charge < -0.3 is 4.98 Å². The number of nitrogens with one attached hydrogen (secondary N) is 1. The monoisotopic (exact) mass is 319 g/mol. The summed E-state index contributed by atoms with van der Waals surface area (Å²) in [5.41, 5.74) is -0.982. The summed E-state index contributed by atoms with van der Waals surface area (Å²) in [6, 6.07) is 9.09. The van der Waals surface area contributed by atoms with Crippen LogP contribution in [-0.2, 0) is 0 Å². The maximum absolute atomic E-state index is 13.9. The van der Waals surface area contributed by atoms with Gasteiger partial charge >= 0.3 is 0 Å². The van der Waals surface area contributed by atoms with E-state index in [0.29, 0.717) is 0 Å². The Labute approximate surface area is 128 Å². The van der Waals surface area contributed by atoms with Crippen LogP contribution in [0, 0.1) is 23.3 Å². The van der Waals surface area contributed by atoms with Crippen molar-refractivity contribution in [3.05, 3.63) is 82.0 Å². The van der Waals surface area contributed by atoms with E-state index >= 15 is 0 Å². The van der Waals surface area contributed by atoms with Crippen LogP contribution < -0.4 is 5.43 Å². The van der Waals surface area contributed by atoms with E-state index in [1.165, 1.54) is 24.3 Å². The van der Waals surface area contributed by atoms with Crippen LogP contribution in [0.4, 0.5) is 17.6 Å². The van der Waals surface area contributed by atoms with E-state index in [4.69, 9.17) is 0 Å². The highest BCUT2D eigenvalue weighted by molar-refractivity contribution is 5.66. The Bertz CT molecular complexity index is 877. The molecule has 1 aromatic heterocycles. The van der Waals surface area contributed by atoms with E-state index in [-0.39, 0.29) is 22.5 Å². The number of halogens is 4. The summed E-state index contributed by atoms with van der Waals surface area (Å²) in [4.78, 5) is 14.4. The Balaban J connectivity index is 2.23. The quantitative estimate of drug-likeness (QED) is 0.703. The zero-order valence-electron chi connectivity index (χ0n) is 11.5. The molecule has 23 heavy (non-hydrogen) atoms. The lowest BCUT2D eigenvalue weighted by atomic mass is 10.1. The van der Waals surface area contributed by atoms with Crippen molar-refractivity contribution in [1.82, 2.24) is 4.98 Å². The Kier molecular flexibility index (Phi) is 3.73. The zero-order chi connectivity index (χ0) is 16.6. The second-order valence-electron chi connectivity index (χ2n) is 4.85. The Morgan fingerprint density at radius 2 is 1.13 bits per heavy atom. The number of rotatable bonds is 2. The topological polar surface area (TPSA) is 32.9 Å². The number of H-pyrrole nitrogens is 1. The van der Waals surface area contributed by atoms with E-state index < -0.39 is 28.7 Å².